The molecule has 0 radical (unpaired) electrons. The number of rotatable bonds is 6. The Morgan fingerprint density at radius 3 is 2.45 bits per heavy atom. The van der Waals surface area contributed by atoms with Crippen molar-refractivity contribution in [3.8, 4) is 16.9 Å². The van der Waals surface area contributed by atoms with Gasteiger partial charge in [-0.2, -0.15) is 0 Å². The van der Waals surface area contributed by atoms with Crippen LogP contribution in [-0.2, 0) is 0 Å². The molecule has 2 aromatic heterocycles. The summed E-state index contributed by atoms with van der Waals surface area (Å²) in [5.41, 5.74) is 3.78. The monoisotopic (exact) mass is 403 g/mol. The fourth-order valence-electron chi connectivity index (χ4n) is 3.30. The van der Waals surface area contributed by atoms with E-state index in [1.165, 1.54) is 4.88 Å². The lowest BCUT2D eigenvalue weighted by Crippen LogP contribution is -1.97. The minimum Gasteiger partial charge on any atom is -0.494 e. The third kappa shape index (κ3) is 3.84. The molecule has 0 aliphatic carbocycles. The second kappa shape index (κ2) is 8.01. The maximum Gasteiger partial charge on any atom is 0.159 e. The number of ketones is 1. The van der Waals surface area contributed by atoms with E-state index in [2.05, 4.69) is 34.3 Å². The predicted octanol–water partition coefficient (Wildman–Crippen LogP) is 6.01. The van der Waals surface area contributed by atoms with Gasteiger partial charge in [0.2, 0.25) is 0 Å². The molecule has 6 heteroatoms. The number of nitrogens with one attached hydrogen (secondary N) is 1. The summed E-state index contributed by atoms with van der Waals surface area (Å²) in [7, 11) is 0. The molecule has 29 heavy (non-hydrogen) atoms. The standard InChI is InChI=1S/C23H21N3O2S/c1-4-28-19-11-7-17(8-12-19)20-15(3)29-23-21(20)22(24-13-25-23)26-18-9-5-16(6-10-18)14(2)27/h5-13H,4H2,1-3H3,(H,24,25,26). The van der Waals surface area contributed by atoms with E-state index in [1.54, 1.807) is 24.6 Å². The third-order valence-electron chi connectivity index (χ3n) is 4.67. The smallest absolute Gasteiger partial charge is 0.159 e. The molecule has 0 amide bonds. The highest BCUT2D eigenvalue weighted by Gasteiger charge is 2.17. The minimum absolute atomic E-state index is 0.0484. The lowest BCUT2D eigenvalue weighted by Gasteiger charge is -2.10. The number of hydrogen-bond donors (Lipinski definition) is 1. The Morgan fingerprint density at radius 1 is 1.07 bits per heavy atom. The van der Waals surface area contributed by atoms with Crippen LogP contribution in [0.5, 0.6) is 5.75 Å². The van der Waals surface area contributed by atoms with Gasteiger partial charge in [0.05, 0.1) is 12.0 Å². The van der Waals surface area contributed by atoms with Gasteiger partial charge in [-0.3, -0.25) is 4.79 Å². The summed E-state index contributed by atoms with van der Waals surface area (Å²) in [5.74, 6) is 1.65. The molecule has 2 heterocycles. The van der Waals surface area contributed by atoms with Crippen LogP contribution in [0.2, 0.25) is 0 Å². The molecular formula is C23H21N3O2S. The SMILES string of the molecule is CCOc1ccc(-c2c(C)sc3ncnc(Nc4ccc(C(C)=O)cc4)c23)cc1. The number of aryl methyl sites for hydroxylation is 1. The molecule has 146 valence electrons. The van der Waals surface area contributed by atoms with Crippen LogP contribution >= 0.6 is 11.3 Å². The van der Waals surface area contributed by atoms with E-state index in [0.717, 1.165) is 38.6 Å². The zero-order chi connectivity index (χ0) is 20.4. The van der Waals surface area contributed by atoms with Crippen LogP contribution in [0.4, 0.5) is 11.5 Å². The van der Waals surface area contributed by atoms with Gasteiger partial charge in [-0.15, -0.1) is 11.3 Å². The molecular weight excluding hydrogens is 382 g/mol. The lowest BCUT2D eigenvalue weighted by atomic mass is 10.0. The zero-order valence-corrected chi connectivity index (χ0v) is 17.3. The Bertz CT molecular complexity index is 1170. The van der Waals surface area contributed by atoms with Crippen LogP contribution in [0.15, 0.2) is 54.9 Å². The Morgan fingerprint density at radius 2 is 1.79 bits per heavy atom. The number of carbonyl (C=O) groups excluding carboxylic acids is 1. The average molecular weight is 404 g/mol. The van der Waals surface area contributed by atoms with E-state index in [1.807, 2.05) is 43.3 Å². The van der Waals surface area contributed by atoms with Crippen LogP contribution in [0.25, 0.3) is 21.3 Å². The number of anilines is 2. The van der Waals surface area contributed by atoms with Crippen molar-refractivity contribution < 1.29 is 9.53 Å². The fraction of sp³-hybridized carbons (Fsp3) is 0.174. The Balaban J connectivity index is 1.76. The molecule has 0 bridgehead atoms. The molecule has 1 N–H and O–H groups in total. The van der Waals surface area contributed by atoms with Crippen molar-refractivity contribution in [2.75, 3.05) is 11.9 Å². The molecule has 0 saturated heterocycles. The van der Waals surface area contributed by atoms with Crippen LogP contribution in [0.1, 0.15) is 29.1 Å². The van der Waals surface area contributed by atoms with Crippen molar-refractivity contribution in [3.63, 3.8) is 0 Å². The summed E-state index contributed by atoms with van der Waals surface area (Å²) < 4.78 is 5.57. The number of aromatic nitrogens is 2. The topological polar surface area (TPSA) is 64.1 Å². The molecule has 0 aliphatic heterocycles. The van der Waals surface area contributed by atoms with Gasteiger partial charge < -0.3 is 10.1 Å². The van der Waals surface area contributed by atoms with Gasteiger partial charge in [-0.05, 0) is 62.7 Å². The van der Waals surface area contributed by atoms with E-state index in [0.29, 0.717) is 12.2 Å². The normalized spacial score (nSPS) is 10.9. The molecule has 0 fully saturated rings. The number of nitrogens with zero attached hydrogens (tertiary/aromatic N) is 2. The first kappa shape index (κ1) is 19.1. The summed E-state index contributed by atoms with van der Waals surface area (Å²) in [6, 6.07) is 15.5. The molecule has 2 aromatic carbocycles. The summed E-state index contributed by atoms with van der Waals surface area (Å²) in [4.78, 5) is 22.6. The molecule has 5 nitrogen and oxygen atoms in total. The maximum atomic E-state index is 11.5. The molecule has 0 saturated carbocycles. The molecule has 0 atom stereocenters. The van der Waals surface area contributed by atoms with Gasteiger partial charge in [0.15, 0.2) is 5.78 Å². The number of benzene rings is 2. The van der Waals surface area contributed by atoms with Gasteiger partial charge in [0.1, 0.15) is 22.7 Å². The van der Waals surface area contributed by atoms with E-state index < -0.39 is 0 Å². The van der Waals surface area contributed by atoms with E-state index in [-0.39, 0.29) is 5.78 Å². The average Bonchev–Trinajstić information content (AvgIpc) is 3.06. The van der Waals surface area contributed by atoms with Gasteiger partial charge in [0, 0.05) is 21.7 Å². The highest BCUT2D eigenvalue weighted by Crippen LogP contribution is 2.41. The van der Waals surface area contributed by atoms with Gasteiger partial charge >= 0.3 is 0 Å². The minimum atomic E-state index is 0.0484. The van der Waals surface area contributed by atoms with E-state index in [4.69, 9.17) is 4.74 Å². The predicted molar refractivity (Wildman–Crippen MR) is 118 cm³/mol. The summed E-state index contributed by atoms with van der Waals surface area (Å²) in [5, 5.41) is 4.38. The number of ether oxygens (including phenoxy) is 1. The first-order valence-corrected chi connectivity index (χ1v) is 10.2. The second-order valence-electron chi connectivity index (χ2n) is 6.65. The van der Waals surface area contributed by atoms with Gasteiger partial charge in [-0.1, -0.05) is 12.1 Å². The summed E-state index contributed by atoms with van der Waals surface area (Å²) in [6.07, 6.45) is 1.58. The Labute approximate surface area is 173 Å². The molecule has 4 aromatic rings. The first-order chi connectivity index (χ1) is 14.1. The molecule has 0 aliphatic rings. The zero-order valence-electron chi connectivity index (χ0n) is 16.5. The van der Waals surface area contributed by atoms with Gasteiger partial charge in [0.25, 0.3) is 0 Å². The number of fused-ring (bicyclic) bond motifs is 1. The Hall–Kier alpha value is -3.25. The quantitative estimate of drug-likeness (QED) is 0.399. The highest BCUT2D eigenvalue weighted by atomic mass is 32.1. The van der Waals surface area contributed by atoms with Crippen molar-refractivity contribution in [1.29, 1.82) is 0 Å². The van der Waals surface area contributed by atoms with Crippen molar-refractivity contribution >= 4 is 38.8 Å². The second-order valence-corrected chi connectivity index (χ2v) is 7.85. The Kier molecular flexibility index (Phi) is 5.27. The lowest BCUT2D eigenvalue weighted by molar-refractivity contribution is 0.101. The van der Waals surface area contributed by atoms with Crippen LogP contribution in [-0.4, -0.2) is 22.4 Å². The highest BCUT2D eigenvalue weighted by molar-refractivity contribution is 7.19. The molecule has 0 spiro atoms. The number of hydrogen-bond acceptors (Lipinski definition) is 6. The van der Waals surface area contributed by atoms with Crippen molar-refractivity contribution in [1.82, 2.24) is 9.97 Å². The third-order valence-corrected chi connectivity index (χ3v) is 5.69. The first-order valence-electron chi connectivity index (χ1n) is 9.42. The van der Waals surface area contributed by atoms with Crippen molar-refractivity contribution in [2.24, 2.45) is 0 Å². The van der Waals surface area contributed by atoms with Gasteiger partial charge in [-0.25, -0.2) is 9.97 Å². The van der Waals surface area contributed by atoms with Crippen LogP contribution in [0.3, 0.4) is 0 Å². The summed E-state index contributed by atoms with van der Waals surface area (Å²) in [6.45, 7) is 6.28. The van der Waals surface area contributed by atoms with Crippen molar-refractivity contribution in [3.05, 3.63) is 65.3 Å². The molecule has 4 rings (SSSR count). The number of Topliss-reactive ketones (excluding diaryl/α,β-unsaturated/α-hetero) is 1. The van der Waals surface area contributed by atoms with Crippen molar-refractivity contribution in [2.45, 2.75) is 20.8 Å². The van der Waals surface area contributed by atoms with Crippen LogP contribution < -0.4 is 10.1 Å². The van der Waals surface area contributed by atoms with E-state index >= 15 is 0 Å². The summed E-state index contributed by atoms with van der Waals surface area (Å²) >= 11 is 1.65. The van der Waals surface area contributed by atoms with E-state index in [9.17, 15) is 4.79 Å². The maximum absolute atomic E-state index is 11.5. The van der Waals surface area contributed by atoms with Crippen LogP contribution in [0, 0.1) is 6.92 Å². The number of carbonyl (C=O) groups is 1. The fourth-order valence-corrected chi connectivity index (χ4v) is 4.31. The largest absolute Gasteiger partial charge is 0.494 e. The molecule has 0 unspecified atom stereocenters. The number of thiophene rings is 1.